The maximum atomic E-state index is 14.5. The fraction of sp³-hybridized carbons (Fsp3) is 0.409. The predicted octanol–water partition coefficient (Wildman–Crippen LogP) is 4.10. The quantitative estimate of drug-likeness (QED) is 0.642. The molecule has 1 fully saturated rings. The Labute approximate surface area is 186 Å². The lowest BCUT2D eigenvalue weighted by molar-refractivity contribution is -0.272. The van der Waals surface area contributed by atoms with Gasteiger partial charge in [-0.2, -0.15) is 13.2 Å². The van der Waals surface area contributed by atoms with Gasteiger partial charge in [0.2, 0.25) is 0 Å². The van der Waals surface area contributed by atoms with Crippen molar-refractivity contribution in [1.82, 2.24) is 4.98 Å². The van der Waals surface area contributed by atoms with Gasteiger partial charge in [0.1, 0.15) is 11.8 Å². The number of rotatable bonds is 5. The van der Waals surface area contributed by atoms with Gasteiger partial charge in [-0.25, -0.2) is 8.78 Å². The summed E-state index contributed by atoms with van der Waals surface area (Å²) in [6.07, 6.45) is -5.35. The van der Waals surface area contributed by atoms with E-state index in [1.807, 2.05) is 0 Å². The van der Waals surface area contributed by atoms with Crippen LogP contribution in [0.5, 0.6) is 0 Å². The molecule has 1 aromatic heterocycles. The number of pyridine rings is 1. The Hall–Kier alpha value is -3.08. The second-order valence-electron chi connectivity index (χ2n) is 8.02. The Balaban J connectivity index is 2.07. The van der Waals surface area contributed by atoms with Gasteiger partial charge in [-0.15, -0.1) is 0 Å². The molecule has 0 unspecified atom stereocenters. The standard InChI is InChI=1S/C22H22F5N3O3/c1-4-12-13(5-6-14(23)17(12)24)16-10(2)21(3,22(25,26)27)33-18(16)20(32)30-11-7-8-29-15(9-11)19(28)31/h5-10,16,18H,4H2,1-3H3,(H2,28,31)(H,29,30,32)/t10-,16-,18-,21-/m0/s1. The SMILES string of the molecule is CCc1c([C@H]2[C@@H](C(=O)Nc3ccnc(C(N)=O)c3)O[C@](C)(C(F)(F)F)[C@H]2C)ccc(F)c1F. The first-order chi connectivity index (χ1) is 15.3. The van der Waals surface area contributed by atoms with Crippen molar-refractivity contribution in [2.45, 2.75) is 51.0 Å². The Morgan fingerprint density at radius 2 is 1.91 bits per heavy atom. The van der Waals surface area contributed by atoms with Crippen LogP contribution in [0.15, 0.2) is 30.5 Å². The van der Waals surface area contributed by atoms with Gasteiger partial charge < -0.3 is 15.8 Å². The Bertz CT molecular complexity index is 1090. The van der Waals surface area contributed by atoms with Gasteiger partial charge in [0.05, 0.1) is 0 Å². The van der Waals surface area contributed by atoms with E-state index in [9.17, 15) is 31.5 Å². The van der Waals surface area contributed by atoms with E-state index in [1.165, 1.54) is 32.2 Å². The van der Waals surface area contributed by atoms with E-state index < -0.39 is 53.2 Å². The van der Waals surface area contributed by atoms with Crippen LogP contribution in [0, 0.1) is 17.6 Å². The zero-order chi connectivity index (χ0) is 24.7. The number of halogens is 5. The second kappa shape index (κ2) is 8.69. The van der Waals surface area contributed by atoms with Crippen LogP contribution in [0.25, 0.3) is 0 Å². The highest BCUT2D eigenvalue weighted by Crippen LogP contribution is 2.54. The lowest BCUT2D eigenvalue weighted by atomic mass is 9.75. The molecule has 0 spiro atoms. The molecular weight excluding hydrogens is 449 g/mol. The summed E-state index contributed by atoms with van der Waals surface area (Å²) in [5, 5.41) is 2.41. The second-order valence-corrected chi connectivity index (χ2v) is 8.02. The van der Waals surface area contributed by atoms with Gasteiger partial charge in [0.15, 0.2) is 17.2 Å². The number of hydrogen-bond donors (Lipinski definition) is 2. The number of aromatic nitrogens is 1. The molecule has 1 aromatic carbocycles. The van der Waals surface area contributed by atoms with Gasteiger partial charge in [0.25, 0.3) is 11.8 Å². The number of carbonyl (C=O) groups is 2. The molecule has 178 valence electrons. The number of nitrogens with one attached hydrogen (secondary N) is 1. The summed E-state index contributed by atoms with van der Waals surface area (Å²) in [4.78, 5) is 28.1. The molecule has 3 N–H and O–H groups in total. The minimum Gasteiger partial charge on any atom is -0.364 e. The zero-order valence-electron chi connectivity index (χ0n) is 18.0. The lowest BCUT2D eigenvalue weighted by Crippen LogP contribution is -2.47. The van der Waals surface area contributed by atoms with Gasteiger partial charge in [-0.05, 0) is 42.7 Å². The molecule has 6 nitrogen and oxygen atoms in total. The number of benzene rings is 1. The first-order valence-corrected chi connectivity index (χ1v) is 10.1. The molecule has 0 radical (unpaired) electrons. The summed E-state index contributed by atoms with van der Waals surface area (Å²) in [6, 6.07) is 4.47. The number of ether oxygens (including phenoxy) is 1. The van der Waals surface area contributed by atoms with Crippen LogP contribution in [0.1, 0.15) is 48.3 Å². The van der Waals surface area contributed by atoms with E-state index in [0.29, 0.717) is 0 Å². The van der Waals surface area contributed by atoms with Crippen LogP contribution in [0.3, 0.4) is 0 Å². The van der Waals surface area contributed by atoms with Crippen molar-refractivity contribution in [3.8, 4) is 0 Å². The maximum absolute atomic E-state index is 14.5. The maximum Gasteiger partial charge on any atom is 0.417 e. The third-order valence-corrected chi connectivity index (χ3v) is 6.15. The van der Waals surface area contributed by atoms with Crippen LogP contribution in [-0.2, 0) is 16.0 Å². The molecule has 33 heavy (non-hydrogen) atoms. The number of carbonyl (C=O) groups excluding carboxylic acids is 2. The Morgan fingerprint density at radius 3 is 2.48 bits per heavy atom. The number of primary amides is 1. The number of nitrogens with two attached hydrogens (primary N) is 1. The van der Waals surface area contributed by atoms with Crippen LogP contribution in [0.2, 0.25) is 0 Å². The Kier molecular flexibility index (Phi) is 6.47. The van der Waals surface area contributed by atoms with Crippen molar-refractivity contribution in [3.05, 3.63) is 58.9 Å². The number of amides is 2. The zero-order valence-corrected chi connectivity index (χ0v) is 18.0. The van der Waals surface area contributed by atoms with E-state index in [1.54, 1.807) is 0 Å². The van der Waals surface area contributed by atoms with Gasteiger partial charge >= 0.3 is 6.18 Å². The van der Waals surface area contributed by atoms with Gasteiger partial charge in [-0.3, -0.25) is 14.6 Å². The summed E-state index contributed by atoms with van der Waals surface area (Å²) in [7, 11) is 0. The molecule has 2 heterocycles. The molecule has 11 heteroatoms. The number of anilines is 1. The molecule has 1 aliphatic rings. The van der Waals surface area contributed by atoms with Crippen molar-refractivity contribution in [3.63, 3.8) is 0 Å². The molecule has 2 amide bonds. The molecule has 2 aromatic rings. The van der Waals surface area contributed by atoms with Crippen molar-refractivity contribution in [2.24, 2.45) is 11.7 Å². The third kappa shape index (κ3) is 4.29. The number of nitrogens with zero attached hydrogens (tertiary/aromatic N) is 1. The van der Waals surface area contributed by atoms with Crippen LogP contribution in [0.4, 0.5) is 27.6 Å². The first kappa shape index (κ1) is 24.6. The molecule has 0 aliphatic carbocycles. The van der Waals surface area contributed by atoms with E-state index >= 15 is 0 Å². The highest BCUT2D eigenvalue weighted by molar-refractivity contribution is 5.97. The minimum absolute atomic E-state index is 0.00839. The monoisotopic (exact) mass is 471 g/mol. The van der Waals surface area contributed by atoms with Crippen molar-refractivity contribution >= 4 is 17.5 Å². The lowest BCUT2D eigenvalue weighted by Gasteiger charge is -2.32. The molecule has 1 aliphatic heterocycles. The summed E-state index contributed by atoms with van der Waals surface area (Å²) in [5.74, 6) is -6.69. The average molecular weight is 471 g/mol. The fourth-order valence-corrected chi connectivity index (χ4v) is 4.16. The summed E-state index contributed by atoms with van der Waals surface area (Å²) < 4.78 is 75.5. The van der Waals surface area contributed by atoms with E-state index in [0.717, 1.165) is 19.1 Å². The van der Waals surface area contributed by atoms with Crippen molar-refractivity contribution < 1.29 is 36.3 Å². The third-order valence-electron chi connectivity index (χ3n) is 6.15. The van der Waals surface area contributed by atoms with Gasteiger partial charge in [0, 0.05) is 23.7 Å². The topological polar surface area (TPSA) is 94.3 Å². The highest BCUT2D eigenvalue weighted by atomic mass is 19.4. The van der Waals surface area contributed by atoms with Crippen LogP contribution in [-0.4, -0.2) is 34.7 Å². The smallest absolute Gasteiger partial charge is 0.364 e. The number of hydrogen-bond acceptors (Lipinski definition) is 4. The van der Waals surface area contributed by atoms with E-state index in [4.69, 9.17) is 10.5 Å². The van der Waals surface area contributed by atoms with Crippen LogP contribution < -0.4 is 11.1 Å². The fourth-order valence-electron chi connectivity index (χ4n) is 4.16. The summed E-state index contributed by atoms with van der Waals surface area (Å²) >= 11 is 0. The summed E-state index contributed by atoms with van der Waals surface area (Å²) in [6.45, 7) is 3.60. The highest BCUT2D eigenvalue weighted by Gasteiger charge is 2.65. The predicted molar refractivity (Wildman–Crippen MR) is 108 cm³/mol. The van der Waals surface area contributed by atoms with Gasteiger partial charge in [-0.1, -0.05) is 19.9 Å². The molecular formula is C22H22F5N3O3. The number of alkyl halides is 3. The van der Waals surface area contributed by atoms with Crippen LogP contribution >= 0.6 is 0 Å². The molecule has 0 saturated carbocycles. The largest absolute Gasteiger partial charge is 0.417 e. The van der Waals surface area contributed by atoms with Crippen molar-refractivity contribution in [2.75, 3.05) is 5.32 Å². The minimum atomic E-state index is -4.85. The molecule has 3 rings (SSSR count). The molecule has 1 saturated heterocycles. The van der Waals surface area contributed by atoms with E-state index in [-0.39, 0.29) is 28.9 Å². The van der Waals surface area contributed by atoms with Crippen molar-refractivity contribution in [1.29, 1.82) is 0 Å². The molecule has 0 bridgehead atoms. The van der Waals surface area contributed by atoms with E-state index in [2.05, 4.69) is 10.3 Å². The average Bonchev–Trinajstić information content (AvgIpc) is 3.02. The first-order valence-electron chi connectivity index (χ1n) is 10.1. The summed E-state index contributed by atoms with van der Waals surface area (Å²) in [5.41, 5.74) is 2.26. The molecule has 4 atom stereocenters. The Morgan fingerprint density at radius 1 is 1.24 bits per heavy atom. The normalized spacial score (nSPS) is 25.2.